The van der Waals surface area contributed by atoms with E-state index in [0.29, 0.717) is 32.6 Å². The van der Waals surface area contributed by atoms with Gasteiger partial charge in [-0.1, -0.05) is 77.3 Å². The number of nitrogens with zero attached hydrogens (tertiary/aromatic N) is 1. The molecule has 1 unspecified atom stereocenters. The molecule has 0 bridgehead atoms. The third kappa shape index (κ3) is 10.9. The maximum absolute atomic E-state index is 13.9. The van der Waals surface area contributed by atoms with Crippen LogP contribution in [0.25, 0.3) is 0 Å². The van der Waals surface area contributed by atoms with Crippen LogP contribution in [0, 0.1) is 17.3 Å². The minimum atomic E-state index is -3.68. The Kier molecular flexibility index (Phi) is 14.5. The number of hydrogen-bond acceptors (Lipinski definition) is 9. The molecule has 306 valence electrons. The van der Waals surface area contributed by atoms with Gasteiger partial charge in [-0.3, -0.25) is 4.79 Å². The van der Waals surface area contributed by atoms with E-state index in [2.05, 4.69) is 26.7 Å². The number of sulfone groups is 1. The topological polar surface area (TPSA) is 110 Å². The highest BCUT2D eigenvalue weighted by molar-refractivity contribution is 7.91. The van der Waals surface area contributed by atoms with Gasteiger partial charge in [-0.15, -0.1) is 6.58 Å². The van der Waals surface area contributed by atoms with Crippen molar-refractivity contribution in [3.8, 4) is 0 Å². The van der Waals surface area contributed by atoms with Gasteiger partial charge in [-0.25, -0.2) is 8.42 Å². The molecule has 4 heterocycles. The molecule has 0 aliphatic carbocycles. The van der Waals surface area contributed by atoms with Crippen LogP contribution >= 0.6 is 0 Å². The number of carbonyl (C=O) groups excluding carboxylic acids is 1. The molecule has 1 amide bonds. The van der Waals surface area contributed by atoms with E-state index in [0.717, 1.165) is 36.8 Å². The first-order valence-corrected chi connectivity index (χ1v) is 21.6. The molecule has 10 nitrogen and oxygen atoms in total. The predicted molar refractivity (Wildman–Crippen MR) is 214 cm³/mol. The smallest absolute Gasteiger partial charge is 0.230 e. The van der Waals surface area contributed by atoms with Gasteiger partial charge >= 0.3 is 0 Å². The van der Waals surface area contributed by atoms with Crippen molar-refractivity contribution in [3.05, 3.63) is 79.4 Å². The highest BCUT2D eigenvalue weighted by Crippen LogP contribution is 2.42. The molecule has 0 spiro atoms. The summed E-state index contributed by atoms with van der Waals surface area (Å²) in [5, 5.41) is 0. The summed E-state index contributed by atoms with van der Waals surface area (Å²) in [5.74, 6) is -0.388. The molecular formula is C44H65NO9S. The summed E-state index contributed by atoms with van der Waals surface area (Å²) >= 11 is 0. The largest absolute Gasteiger partial charge is 0.378 e. The summed E-state index contributed by atoms with van der Waals surface area (Å²) in [7, 11) is -2.07. The van der Waals surface area contributed by atoms with Crippen LogP contribution in [-0.4, -0.2) is 106 Å². The van der Waals surface area contributed by atoms with Crippen molar-refractivity contribution in [2.45, 2.75) is 140 Å². The normalized spacial score (nSPS) is 32.8. The summed E-state index contributed by atoms with van der Waals surface area (Å²) in [5.41, 5.74) is 0.722. The zero-order chi connectivity index (χ0) is 40.1. The molecule has 0 aromatic heterocycles. The Balaban J connectivity index is 1.29. The third-order valence-corrected chi connectivity index (χ3v) is 13.4. The summed E-state index contributed by atoms with van der Waals surface area (Å²) in [6.07, 6.45) is 7.71. The van der Waals surface area contributed by atoms with E-state index in [1.54, 1.807) is 48.4 Å². The van der Waals surface area contributed by atoms with Crippen LogP contribution in [0.1, 0.15) is 80.1 Å². The zero-order valence-electron chi connectivity index (χ0n) is 34.1. The molecule has 0 N–H and O–H groups in total. The maximum atomic E-state index is 13.9. The number of carbonyl (C=O) groups is 1. The fraction of sp³-hybridized carbons (Fsp3) is 0.659. The van der Waals surface area contributed by atoms with Crippen molar-refractivity contribution < 1.29 is 41.6 Å². The van der Waals surface area contributed by atoms with Crippen LogP contribution in [0.4, 0.5) is 0 Å². The van der Waals surface area contributed by atoms with E-state index in [4.69, 9.17) is 28.4 Å². The number of methoxy groups -OCH3 is 1. The number of amides is 1. The van der Waals surface area contributed by atoms with E-state index in [9.17, 15) is 13.2 Å². The van der Waals surface area contributed by atoms with Gasteiger partial charge in [0.1, 0.15) is 5.72 Å². The second-order valence-corrected chi connectivity index (χ2v) is 19.3. The Morgan fingerprint density at radius 1 is 1.00 bits per heavy atom. The Labute approximate surface area is 330 Å². The number of benzene rings is 1. The molecule has 55 heavy (non-hydrogen) atoms. The molecule has 4 saturated heterocycles. The molecular weight excluding hydrogens is 719 g/mol. The van der Waals surface area contributed by atoms with Gasteiger partial charge in [0, 0.05) is 44.2 Å². The predicted octanol–water partition coefficient (Wildman–Crippen LogP) is 7.25. The highest BCUT2D eigenvalue weighted by atomic mass is 32.2. The average molecular weight is 784 g/mol. The lowest BCUT2D eigenvalue weighted by Gasteiger charge is -2.38. The Bertz CT molecular complexity index is 1630. The minimum Gasteiger partial charge on any atom is -0.378 e. The lowest BCUT2D eigenvalue weighted by molar-refractivity contribution is -0.154. The quantitative estimate of drug-likeness (QED) is 0.127. The van der Waals surface area contributed by atoms with Crippen molar-refractivity contribution in [1.29, 1.82) is 0 Å². The Hall–Kier alpha value is -2.64. The fourth-order valence-electron chi connectivity index (χ4n) is 8.60. The van der Waals surface area contributed by atoms with Gasteiger partial charge in [0.25, 0.3) is 0 Å². The molecule has 1 aromatic carbocycles. The minimum absolute atomic E-state index is 0.0162. The van der Waals surface area contributed by atoms with Crippen molar-refractivity contribution >= 4 is 15.7 Å². The second kappa shape index (κ2) is 18.3. The third-order valence-electron chi connectivity index (χ3n) is 11.6. The van der Waals surface area contributed by atoms with E-state index in [-0.39, 0.29) is 53.0 Å². The molecule has 11 heteroatoms. The first-order chi connectivity index (χ1) is 25.9. The van der Waals surface area contributed by atoms with Gasteiger partial charge in [0.05, 0.1) is 72.7 Å². The first kappa shape index (κ1) is 43.5. The summed E-state index contributed by atoms with van der Waals surface area (Å²) in [6, 6.07) is 8.54. The number of rotatable bonds is 16. The van der Waals surface area contributed by atoms with Crippen LogP contribution in [0.3, 0.4) is 0 Å². The van der Waals surface area contributed by atoms with Crippen LogP contribution in [-0.2, 0) is 43.1 Å². The van der Waals surface area contributed by atoms with Crippen molar-refractivity contribution in [3.63, 3.8) is 0 Å². The van der Waals surface area contributed by atoms with Gasteiger partial charge in [-0.2, -0.15) is 0 Å². The van der Waals surface area contributed by atoms with Crippen molar-refractivity contribution in [2.24, 2.45) is 17.3 Å². The monoisotopic (exact) mass is 783 g/mol. The lowest BCUT2D eigenvalue weighted by Crippen LogP contribution is -2.48. The van der Waals surface area contributed by atoms with E-state index in [1.165, 1.54) is 0 Å². The molecule has 10 atom stereocenters. The molecule has 4 fully saturated rings. The summed E-state index contributed by atoms with van der Waals surface area (Å²) in [4.78, 5) is 15.5. The molecule has 4 aliphatic heterocycles. The van der Waals surface area contributed by atoms with E-state index in [1.807, 2.05) is 46.8 Å². The standard InChI is InChI=1S/C44H65NO9S/c1-11-21-50-22-15-16-32-24-30(3)37(51-32)20-19-33-23-29(2)31(4)38(52-33)26-39-36(28-55(47,48)35-17-13-12-14-18-35)41(49-10)40(53-39)25-34-27-45(44(8,9)54-34)42(46)43(5,6)7/h11-18,29,32-34,36-41H,1,3-4,19-28H2,2,5-10H3/t29-,32+,33+,34?,36+,37+,38-,39+,40-,41-/m1/s1. The van der Waals surface area contributed by atoms with Crippen LogP contribution in [0.5, 0.6) is 0 Å². The molecule has 5 rings (SSSR count). The second-order valence-electron chi connectivity index (χ2n) is 17.3. The van der Waals surface area contributed by atoms with Gasteiger partial charge in [0.15, 0.2) is 9.84 Å². The van der Waals surface area contributed by atoms with Gasteiger partial charge in [0.2, 0.25) is 5.91 Å². The molecule has 0 radical (unpaired) electrons. The van der Waals surface area contributed by atoms with Gasteiger partial charge < -0.3 is 33.3 Å². The van der Waals surface area contributed by atoms with Crippen molar-refractivity contribution in [2.75, 3.05) is 32.6 Å². The molecule has 0 saturated carbocycles. The van der Waals surface area contributed by atoms with Crippen LogP contribution < -0.4 is 0 Å². The number of ether oxygens (including phenoxy) is 6. The summed E-state index contributed by atoms with van der Waals surface area (Å²) < 4.78 is 65.8. The SMILES string of the molecule is C=CCOCC=C[C@H]1CC(=C)[C@H](CC[C@H]2C[C@@H](C)C(=C)[C@@H](C[C@@H]3O[C@H](CC4CN(C(=O)C(C)(C)C)C(C)(C)O4)[C@H](OC)[C@H]3CS(=O)(=O)c3ccccc3)O2)O1. The van der Waals surface area contributed by atoms with E-state index >= 15 is 0 Å². The van der Waals surface area contributed by atoms with Crippen LogP contribution in [0.15, 0.2) is 84.3 Å². The fourth-order valence-corrected chi connectivity index (χ4v) is 10.3. The van der Waals surface area contributed by atoms with Crippen molar-refractivity contribution in [1.82, 2.24) is 4.90 Å². The average Bonchev–Trinajstić information content (AvgIpc) is 3.75. The number of hydrogen-bond donors (Lipinski definition) is 0. The first-order valence-electron chi connectivity index (χ1n) is 19.9. The Morgan fingerprint density at radius 2 is 1.73 bits per heavy atom. The molecule has 1 aromatic rings. The maximum Gasteiger partial charge on any atom is 0.230 e. The van der Waals surface area contributed by atoms with Gasteiger partial charge in [-0.05, 0) is 62.3 Å². The van der Waals surface area contributed by atoms with E-state index < -0.39 is 45.2 Å². The van der Waals surface area contributed by atoms with Crippen LogP contribution in [0.2, 0.25) is 0 Å². The highest BCUT2D eigenvalue weighted by Gasteiger charge is 2.52. The summed E-state index contributed by atoms with van der Waals surface area (Å²) in [6.45, 7) is 25.6. The Morgan fingerprint density at radius 3 is 2.40 bits per heavy atom. The zero-order valence-corrected chi connectivity index (χ0v) is 34.9. The lowest BCUT2D eigenvalue weighted by atomic mass is 9.83. The molecule has 4 aliphatic rings.